The Morgan fingerprint density at radius 2 is 2.05 bits per heavy atom. The van der Waals surface area contributed by atoms with Crippen LogP contribution < -0.4 is 4.90 Å². The first kappa shape index (κ1) is 13.9. The molecule has 2 aromatic rings. The van der Waals surface area contributed by atoms with Crippen molar-refractivity contribution in [3.63, 3.8) is 0 Å². The molecule has 0 fully saturated rings. The number of carbonyl (C=O) groups excluding carboxylic acids is 2. The molecule has 4 nitrogen and oxygen atoms in total. The first-order valence-corrected chi connectivity index (χ1v) is 7.12. The molecule has 2 heterocycles. The first-order chi connectivity index (χ1) is 10.1. The van der Waals surface area contributed by atoms with Crippen LogP contribution in [0.25, 0.3) is 0 Å². The van der Waals surface area contributed by atoms with Crippen molar-refractivity contribution in [1.29, 1.82) is 0 Å². The number of rotatable bonds is 3. The highest BCUT2D eigenvalue weighted by molar-refractivity contribution is 9.10. The van der Waals surface area contributed by atoms with E-state index in [0.29, 0.717) is 12.1 Å². The van der Waals surface area contributed by atoms with E-state index in [4.69, 9.17) is 0 Å². The number of aromatic nitrogens is 1. The van der Waals surface area contributed by atoms with Crippen molar-refractivity contribution in [1.82, 2.24) is 4.98 Å². The number of hydrogen-bond donors (Lipinski definition) is 0. The molecule has 0 spiro atoms. The van der Waals surface area contributed by atoms with Crippen LogP contribution in [0.3, 0.4) is 0 Å². The third kappa shape index (κ3) is 2.47. The second-order valence-corrected chi connectivity index (χ2v) is 5.49. The molecule has 3 rings (SSSR count). The number of fused-ring (bicyclic) bond motifs is 1. The summed E-state index contributed by atoms with van der Waals surface area (Å²) in [5.41, 5.74) is 1.36. The highest BCUT2D eigenvalue weighted by atomic mass is 79.9. The van der Waals surface area contributed by atoms with E-state index in [1.807, 2.05) is 12.1 Å². The van der Waals surface area contributed by atoms with Crippen molar-refractivity contribution in [2.75, 3.05) is 11.4 Å². The highest BCUT2D eigenvalue weighted by Crippen LogP contribution is 2.33. The molecule has 0 N–H and O–H groups in total. The Morgan fingerprint density at radius 3 is 2.76 bits per heavy atom. The minimum absolute atomic E-state index is 0.175. The van der Waals surface area contributed by atoms with Gasteiger partial charge >= 0.3 is 0 Å². The smallest absolute Gasteiger partial charge is 0.299 e. The molecule has 0 saturated carbocycles. The van der Waals surface area contributed by atoms with Gasteiger partial charge in [0.25, 0.3) is 11.7 Å². The number of halogens is 2. The fraction of sp³-hybridized carbons (Fsp3) is 0.133. The molecule has 1 aliphatic heterocycles. The second-order valence-electron chi connectivity index (χ2n) is 4.64. The van der Waals surface area contributed by atoms with Crippen LogP contribution in [-0.2, 0) is 11.2 Å². The Labute approximate surface area is 128 Å². The third-order valence-corrected chi connectivity index (χ3v) is 3.94. The van der Waals surface area contributed by atoms with Crippen molar-refractivity contribution >= 4 is 33.3 Å². The second kappa shape index (κ2) is 5.37. The molecule has 1 aliphatic rings. The summed E-state index contributed by atoms with van der Waals surface area (Å²) in [6.07, 6.45) is 2.16. The van der Waals surface area contributed by atoms with E-state index < -0.39 is 17.5 Å². The number of benzene rings is 1. The van der Waals surface area contributed by atoms with Crippen LogP contribution in [0.15, 0.2) is 41.0 Å². The molecule has 0 radical (unpaired) electrons. The monoisotopic (exact) mass is 348 g/mol. The van der Waals surface area contributed by atoms with Gasteiger partial charge in [0.1, 0.15) is 5.82 Å². The van der Waals surface area contributed by atoms with Gasteiger partial charge in [-0.1, -0.05) is 6.07 Å². The van der Waals surface area contributed by atoms with Crippen LogP contribution >= 0.6 is 15.9 Å². The van der Waals surface area contributed by atoms with Gasteiger partial charge in [0, 0.05) is 24.9 Å². The maximum atomic E-state index is 13.7. The van der Waals surface area contributed by atoms with Crippen LogP contribution in [0, 0.1) is 5.82 Å². The Hall–Kier alpha value is -2.08. The number of ketones is 1. The average Bonchev–Trinajstić information content (AvgIpc) is 2.71. The molecular weight excluding hydrogens is 339 g/mol. The number of amides is 1. The molecule has 6 heteroatoms. The van der Waals surface area contributed by atoms with Crippen LogP contribution in [0.2, 0.25) is 0 Å². The lowest BCUT2D eigenvalue weighted by Crippen LogP contribution is -2.31. The van der Waals surface area contributed by atoms with Crippen LogP contribution in [0.1, 0.15) is 16.1 Å². The van der Waals surface area contributed by atoms with E-state index in [2.05, 4.69) is 20.9 Å². The van der Waals surface area contributed by atoms with Crippen LogP contribution in [0.4, 0.5) is 10.1 Å². The summed E-state index contributed by atoms with van der Waals surface area (Å²) in [6.45, 7) is 0.287. The minimum atomic E-state index is -0.626. The number of pyridine rings is 1. The molecule has 0 unspecified atom stereocenters. The molecule has 106 valence electrons. The van der Waals surface area contributed by atoms with Gasteiger partial charge in [-0.15, -0.1) is 0 Å². The highest BCUT2D eigenvalue weighted by Gasteiger charge is 2.36. The first-order valence-electron chi connectivity index (χ1n) is 6.33. The van der Waals surface area contributed by atoms with Crippen molar-refractivity contribution < 1.29 is 14.0 Å². The Morgan fingerprint density at radius 1 is 1.24 bits per heavy atom. The van der Waals surface area contributed by atoms with Gasteiger partial charge in [-0.25, -0.2) is 4.39 Å². The van der Waals surface area contributed by atoms with E-state index in [-0.39, 0.29) is 16.6 Å². The van der Waals surface area contributed by atoms with Gasteiger partial charge in [0.15, 0.2) is 0 Å². The molecular formula is C15H10BrFN2O2. The van der Waals surface area contributed by atoms with E-state index in [9.17, 15) is 14.0 Å². The lowest BCUT2D eigenvalue weighted by Gasteiger charge is -2.16. The van der Waals surface area contributed by atoms with Gasteiger partial charge < -0.3 is 4.90 Å². The maximum absolute atomic E-state index is 13.7. The summed E-state index contributed by atoms with van der Waals surface area (Å²) in [7, 11) is 0. The summed E-state index contributed by atoms with van der Waals surface area (Å²) >= 11 is 3.02. The average molecular weight is 349 g/mol. The van der Waals surface area contributed by atoms with E-state index in [0.717, 1.165) is 5.69 Å². The quantitative estimate of drug-likeness (QED) is 0.801. The van der Waals surface area contributed by atoms with Gasteiger partial charge in [-0.3, -0.25) is 14.6 Å². The molecule has 0 atom stereocenters. The molecule has 0 saturated heterocycles. The fourth-order valence-electron chi connectivity index (χ4n) is 2.28. The lowest BCUT2D eigenvalue weighted by molar-refractivity contribution is -0.114. The standard InChI is InChI=1S/C15H10BrFN2O2/c16-11-7-10-13(8-12(11)17)19(15(21)14(10)20)6-4-9-3-1-2-5-18-9/h1-3,5,7-8H,4,6H2. The van der Waals surface area contributed by atoms with E-state index in [1.54, 1.807) is 12.3 Å². The maximum Gasteiger partial charge on any atom is 0.299 e. The zero-order valence-electron chi connectivity index (χ0n) is 10.8. The van der Waals surface area contributed by atoms with Crippen molar-refractivity contribution in [3.8, 4) is 0 Å². The number of nitrogens with zero attached hydrogens (tertiary/aromatic N) is 2. The van der Waals surface area contributed by atoms with Crippen LogP contribution in [-0.4, -0.2) is 23.2 Å². The van der Waals surface area contributed by atoms with Gasteiger partial charge in [0.05, 0.1) is 15.7 Å². The predicted octanol–water partition coefficient (Wildman–Crippen LogP) is 2.76. The van der Waals surface area contributed by atoms with Gasteiger partial charge in [-0.05, 0) is 40.2 Å². The molecule has 1 aromatic carbocycles. The van der Waals surface area contributed by atoms with Gasteiger partial charge in [0.2, 0.25) is 0 Å². The summed E-state index contributed by atoms with van der Waals surface area (Å²) in [6, 6.07) is 8.05. The molecule has 0 aliphatic carbocycles. The number of hydrogen-bond acceptors (Lipinski definition) is 3. The number of Topliss-reactive ketones (excluding diaryl/α,β-unsaturated/α-hetero) is 1. The summed E-state index contributed by atoms with van der Waals surface area (Å²) in [5.74, 6) is -1.73. The SMILES string of the molecule is O=C1C(=O)N(CCc2ccccn2)c2cc(F)c(Br)cc21. The van der Waals surface area contributed by atoms with Crippen molar-refractivity contribution in [3.05, 3.63) is 58.1 Å². The largest absolute Gasteiger partial charge is 0.304 e. The van der Waals surface area contributed by atoms with Crippen LogP contribution in [0.5, 0.6) is 0 Å². The fourth-order valence-corrected chi connectivity index (χ4v) is 2.63. The predicted molar refractivity (Wildman–Crippen MR) is 78.7 cm³/mol. The van der Waals surface area contributed by atoms with Gasteiger partial charge in [-0.2, -0.15) is 0 Å². The van der Waals surface area contributed by atoms with E-state index >= 15 is 0 Å². The summed E-state index contributed by atoms with van der Waals surface area (Å²) < 4.78 is 13.8. The Kier molecular flexibility index (Phi) is 3.55. The third-order valence-electron chi connectivity index (χ3n) is 3.33. The molecule has 1 amide bonds. The molecule has 21 heavy (non-hydrogen) atoms. The van der Waals surface area contributed by atoms with Crippen molar-refractivity contribution in [2.45, 2.75) is 6.42 Å². The number of anilines is 1. The minimum Gasteiger partial charge on any atom is -0.304 e. The zero-order chi connectivity index (χ0) is 15.0. The Bertz CT molecular complexity index is 734. The van der Waals surface area contributed by atoms with E-state index in [1.165, 1.54) is 17.0 Å². The normalized spacial score (nSPS) is 13.7. The number of carbonyl (C=O) groups is 2. The molecule has 0 bridgehead atoms. The Balaban J connectivity index is 1.89. The van der Waals surface area contributed by atoms with Crippen molar-refractivity contribution in [2.24, 2.45) is 0 Å². The lowest BCUT2D eigenvalue weighted by atomic mass is 10.1. The summed E-state index contributed by atoms with van der Waals surface area (Å²) in [4.78, 5) is 29.4. The zero-order valence-corrected chi connectivity index (χ0v) is 12.4. The molecule has 1 aromatic heterocycles. The summed E-state index contributed by atoms with van der Waals surface area (Å²) in [5, 5.41) is 0. The topological polar surface area (TPSA) is 50.3 Å².